The van der Waals surface area contributed by atoms with Gasteiger partial charge in [-0.05, 0) is 67.6 Å². The normalized spacial score (nSPS) is 13.8. The number of rotatable bonds is 6. The first-order chi connectivity index (χ1) is 12.2. The van der Waals surface area contributed by atoms with Crippen LogP contribution in [0.1, 0.15) is 24.3 Å². The quantitative estimate of drug-likeness (QED) is 0.648. The van der Waals surface area contributed by atoms with E-state index >= 15 is 0 Å². The number of nitrogens with one attached hydrogen (secondary N) is 2. The fraction of sp³-hybridized carbons (Fsp3) is 0.263. The molecule has 0 amide bonds. The van der Waals surface area contributed by atoms with Crippen molar-refractivity contribution in [3.63, 3.8) is 0 Å². The van der Waals surface area contributed by atoms with E-state index in [-0.39, 0.29) is 0 Å². The smallest absolute Gasteiger partial charge is 0.130 e. The average molecular weight is 351 g/mol. The molecule has 0 aliphatic heterocycles. The molecule has 0 radical (unpaired) electrons. The van der Waals surface area contributed by atoms with E-state index in [1.807, 2.05) is 37.4 Å². The molecular formula is C19H21N5S. The van der Waals surface area contributed by atoms with E-state index in [0.717, 1.165) is 33.6 Å². The second kappa shape index (κ2) is 6.90. The highest BCUT2D eigenvalue weighted by Crippen LogP contribution is 2.40. The van der Waals surface area contributed by atoms with Gasteiger partial charge in [-0.3, -0.25) is 4.72 Å². The van der Waals surface area contributed by atoms with Gasteiger partial charge in [-0.2, -0.15) is 0 Å². The number of aromatic nitrogens is 3. The van der Waals surface area contributed by atoms with Crippen LogP contribution < -0.4 is 10.0 Å². The van der Waals surface area contributed by atoms with Gasteiger partial charge < -0.3 is 9.88 Å². The molecule has 2 N–H and O–H groups in total. The summed E-state index contributed by atoms with van der Waals surface area (Å²) in [5.74, 6) is 1.58. The Bertz CT molecular complexity index is 868. The number of benzene rings is 1. The van der Waals surface area contributed by atoms with Crippen LogP contribution in [-0.4, -0.2) is 21.6 Å². The van der Waals surface area contributed by atoms with E-state index in [0.29, 0.717) is 0 Å². The summed E-state index contributed by atoms with van der Waals surface area (Å²) < 4.78 is 5.08. The van der Waals surface area contributed by atoms with Crippen molar-refractivity contribution in [3.8, 4) is 11.3 Å². The number of imidazole rings is 1. The van der Waals surface area contributed by atoms with Crippen LogP contribution in [-0.2, 0) is 7.05 Å². The van der Waals surface area contributed by atoms with E-state index in [9.17, 15) is 0 Å². The highest BCUT2D eigenvalue weighted by Gasteiger charge is 2.23. The zero-order valence-electron chi connectivity index (χ0n) is 14.4. The Morgan fingerprint density at radius 2 is 2.04 bits per heavy atom. The largest absolute Gasteiger partial charge is 0.340 e. The van der Waals surface area contributed by atoms with Gasteiger partial charge in [0.25, 0.3) is 0 Å². The lowest BCUT2D eigenvalue weighted by atomic mass is 10.1. The Balaban J connectivity index is 1.65. The summed E-state index contributed by atoms with van der Waals surface area (Å²) in [5, 5.41) is 3.45. The van der Waals surface area contributed by atoms with Crippen molar-refractivity contribution >= 4 is 23.5 Å². The molecule has 4 rings (SSSR count). The number of anilines is 2. The number of hydrogen-bond acceptors (Lipinski definition) is 5. The molecule has 0 bridgehead atoms. The predicted octanol–water partition coefficient (Wildman–Crippen LogP) is 4.33. The molecule has 0 unspecified atom stereocenters. The second-order valence-electron chi connectivity index (χ2n) is 6.31. The van der Waals surface area contributed by atoms with Crippen molar-refractivity contribution in [2.24, 2.45) is 7.05 Å². The average Bonchev–Trinajstić information content (AvgIpc) is 3.38. The molecule has 128 valence electrons. The van der Waals surface area contributed by atoms with Crippen LogP contribution in [0.3, 0.4) is 0 Å². The Morgan fingerprint density at radius 3 is 2.68 bits per heavy atom. The molecule has 1 aliphatic carbocycles. The van der Waals surface area contributed by atoms with E-state index in [4.69, 9.17) is 0 Å². The van der Waals surface area contributed by atoms with Gasteiger partial charge in [0, 0.05) is 35.6 Å². The van der Waals surface area contributed by atoms with E-state index in [1.54, 1.807) is 11.9 Å². The van der Waals surface area contributed by atoms with Gasteiger partial charge in [0.05, 0.1) is 12.0 Å². The van der Waals surface area contributed by atoms with Crippen molar-refractivity contribution in [1.29, 1.82) is 0 Å². The van der Waals surface area contributed by atoms with Gasteiger partial charge in [0.2, 0.25) is 0 Å². The lowest BCUT2D eigenvalue weighted by Gasteiger charge is -2.12. The fourth-order valence-electron chi connectivity index (χ4n) is 2.85. The summed E-state index contributed by atoms with van der Waals surface area (Å²) in [6, 6.07) is 10.6. The summed E-state index contributed by atoms with van der Waals surface area (Å²) in [6.07, 6.45) is 8.43. The minimum atomic E-state index is 0.725. The molecule has 1 aromatic carbocycles. The SMILES string of the molecule is CNSc1ccc(Nc2ccc(C3CC3)cn2)c(-c2cn(C)cn2)c1. The van der Waals surface area contributed by atoms with Crippen molar-refractivity contribution < 1.29 is 0 Å². The van der Waals surface area contributed by atoms with E-state index < -0.39 is 0 Å². The molecule has 25 heavy (non-hydrogen) atoms. The standard InChI is InChI=1S/C19H21N5S/c1-20-25-15-6-7-17(16(9-15)18-11-24(2)12-22-18)23-19-8-5-14(10-21-19)13-3-4-13/h5-13,20H,3-4H2,1-2H3,(H,21,23). The lowest BCUT2D eigenvalue weighted by Crippen LogP contribution is -1.98. The van der Waals surface area contributed by atoms with Crippen molar-refractivity contribution in [2.45, 2.75) is 23.7 Å². The Labute approximate surface area is 152 Å². The molecule has 0 spiro atoms. The zero-order valence-corrected chi connectivity index (χ0v) is 15.2. The molecule has 6 heteroatoms. The summed E-state index contributed by atoms with van der Waals surface area (Å²) >= 11 is 1.59. The summed E-state index contributed by atoms with van der Waals surface area (Å²) in [5.41, 5.74) is 4.36. The first kappa shape index (κ1) is 16.2. The number of pyridine rings is 1. The maximum atomic E-state index is 4.58. The van der Waals surface area contributed by atoms with Gasteiger partial charge in [-0.25, -0.2) is 9.97 Å². The number of hydrogen-bond donors (Lipinski definition) is 2. The van der Waals surface area contributed by atoms with Gasteiger partial charge in [0.1, 0.15) is 5.82 Å². The fourth-order valence-corrected chi connectivity index (χ4v) is 3.40. The topological polar surface area (TPSA) is 54.8 Å². The van der Waals surface area contributed by atoms with Crippen LogP contribution in [0.2, 0.25) is 0 Å². The minimum Gasteiger partial charge on any atom is -0.340 e. The van der Waals surface area contributed by atoms with Crippen LogP contribution in [0.4, 0.5) is 11.5 Å². The van der Waals surface area contributed by atoms with Gasteiger partial charge in [-0.1, -0.05) is 6.07 Å². The maximum Gasteiger partial charge on any atom is 0.130 e. The Morgan fingerprint density at radius 1 is 1.16 bits per heavy atom. The van der Waals surface area contributed by atoms with Gasteiger partial charge in [-0.15, -0.1) is 0 Å². The predicted molar refractivity (Wildman–Crippen MR) is 103 cm³/mol. The number of nitrogens with zero attached hydrogens (tertiary/aromatic N) is 3. The van der Waals surface area contributed by atoms with Gasteiger partial charge in [0.15, 0.2) is 0 Å². The first-order valence-electron chi connectivity index (χ1n) is 8.42. The highest BCUT2D eigenvalue weighted by atomic mass is 32.2. The molecule has 1 saturated carbocycles. The molecule has 2 aromatic heterocycles. The zero-order chi connectivity index (χ0) is 17.2. The van der Waals surface area contributed by atoms with Crippen LogP contribution >= 0.6 is 11.9 Å². The molecule has 0 saturated heterocycles. The minimum absolute atomic E-state index is 0.725. The van der Waals surface area contributed by atoms with E-state index in [1.165, 1.54) is 18.4 Å². The monoisotopic (exact) mass is 351 g/mol. The second-order valence-corrected chi connectivity index (χ2v) is 7.40. The summed E-state index contributed by atoms with van der Waals surface area (Å²) in [4.78, 5) is 10.2. The summed E-state index contributed by atoms with van der Waals surface area (Å²) in [7, 11) is 3.90. The molecular weight excluding hydrogens is 330 g/mol. The van der Waals surface area contributed by atoms with Gasteiger partial charge >= 0.3 is 0 Å². The van der Waals surface area contributed by atoms with E-state index in [2.05, 4.69) is 50.3 Å². The van der Waals surface area contributed by atoms with Crippen molar-refractivity contribution in [3.05, 3.63) is 54.6 Å². The first-order valence-corrected chi connectivity index (χ1v) is 9.23. The molecule has 1 aliphatic rings. The molecule has 0 atom stereocenters. The van der Waals surface area contributed by atoms with Crippen LogP contribution in [0.5, 0.6) is 0 Å². The van der Waals surface area contributed by atoms with Crippen LogP contribution in [0, 0.1) is 0 Å². The third-order valence-electron chi connectivity index (χ3n) is 4.29. The molecule has 3 aromatic rings. The Kier molecular flexibility index (Phi) is 4.46. The van der Waals surface area contributed by atoms with Crippen LogP contribution in [0.15, 0.2) is 53.9 Å². The highest BCUT2D eigenvalue weighted by molar-refractivity contribution is 7.97. The molecule has 2 heterocycles. The van der Waals surface area contributed by atoms with Crippen LogP contribution in [0.25, 0.3) is 11.3 Å². The lowest BCUT2D eigenvalue weighted by molar-refractivity contribution is 0.913. The van der Waals surface area contributed by atoms with Crippen molar-refractivity contribution in [2.75, 3.05) is 12.4 Å². The number of aryl methyl sites for hydroxylation is 1. The molecule has 5 nitrogen and oxygen atoms in total. The van der Waals surface area contributed by atoms with Crippen molar-refractivity contribution in [1.82, 2.24) is 19.3 Å². The Hall–Kier alpha value is -2.31. The molecule has 1 fully saturated rings. The summed E-state index contributed by atoms with van der Waals surface area (Å²) in [6.45, 7) is 0. The maximum absolute atomic E-state index is 4.58. The third kappa shape index (κ3) is 3.70. The third-order valence-corrected chi connectivity index (χ3v) is 4.98.